The van der Waals surface area contributed by atoms with Crippen LogP contribution in [0.1, 0.15) is 12.8 Å². The number of nitrogens with one attached hydrogen (secondary N) is 1. The largest absolute Gasteiger partial charge is 0.511 e. The summed E-state index contributed by atoms with van der Waals surface area (Å²) in [6, 6.07) is 0. The summed E-state index contributed by atoms with van der Waals surface area (Å²) in [6.45, 7) is -0.227. The van der Waals surface area contributed by atoms with Crippen molar-refractivity contribution in [2.75, 3.05) is 25.0 Å². The summed E-state index contributed by atoms with van der Waals surface area (Å²) in [5.74, 6) is -0.237. The molecule has 0 spiro atoms. The van der Waals surface area contributed by atoms with Crippen molar-refractivity contribution in [1.82, 2.24) is 13.7 Å². The van der Waals surface area contributed by atoms with Crippen molar-refractivity contribution in [2.45, 2.75) is 18.3 Å². The highest BCUT2D eigenvalue weighted by molar-refractivity contribution is 7.90. The maximum absolute atomic E-state index is 12.6. The molecule has 0 bridgehead atoms. The van der Waals surface area contributed by atoms with Gasteiger partial charge in [0.15, 0.2) is 0 Å². The standard InChI is InChI=1S/C12H14F3N5O4S2/c13-12(14,15)26(23,24)18-3-1-8(2-4-18)7-16-9-10(20(21)22)19-5-6-25-11(19)17-9/h5-6,8,16H,1-4,7H2. The van der Waals surface area contributed by atoms with Gasteiger partial charge in [-0.1, -0.05) is 11.3 Å². The second-order valence-electron chi connectivity index (χ2n) is 5.77. The Morgan fingerprint density at radius 2 is 2.04 bits per heavy atom. The van der Waals surface area contributed by atoms with Crippen molar-refractivity contribution in [3.8, 4) is 0 Å². The molecule has 0 unspecified atom stereocenters. The number of thiazole rings is 1. The van der Waals surface area contributed by atoms with Gasteiger partial charge in [-0.15, -0.1) is 0 Å². The number of alkyl halides is 3. The van der Waals surface area contributed by atoms with Crippen LogP contribution in [0.25, 0.3) is 4.96 Å². The highest BCUT2D eigenvalue weighted by atomic mass is 32.2. The normalized spacial score (nSPS) is 17.7. The minimum atomic E-state index is -5.31. The van der Waals surface area contributed by atoms with E-state index >= 15 is 0 Å². The monoisotopic (exact) mass is 413 g/mol. The molecule has 0 aliphatic carbocycles. The van der Waals surface area contributed by atoms with E-state index in [2.05, 4.69) is 10.3 Å². The number of piperidine rings is 1. The van der Waals surface area contributed by atoms with Crippen molar-refractivity contribution in [2.24, 2.45) is 5.92 Å². The number of anilines is 1. The fourth-order valence-corrected chi connectivity index (χ4v) is 4.50. The first-order valence-electron chi connectivity index (χ1n) is 7.51. The minimum Gasteiger partial charge on any atom is -0.363 e. The molecule has 9 nitrogen and oxygen atoms in total. The van der Waals surface area contributed by atoms with Crippen molar-refractivity contribution in [3.05, 3.63) is 21.7 Å². The van der Waals surface area contributed by atoms with Gasteiger partial charge in [0, 0.05) is 25.0 Å². The number of hydrogen-bond donors (Lipinski definition) is 1. The molecule has 14 heteroatoms. The number of sulfonamides is 1. The average Bonchev–Trinajstić information content (AvgIpc) is 3.12. The summed E-state index contributed by atoms with van der Waals surface area (Å²) >= 11 is 1.23. The highest BCUT2D eigenvalue weighted by Crippen LogP contribution is 2.31. The van der Waals surface area contributed by atoms with Crippen LogP contribution in [-0.4, -0.2) is 52.2 Å². The summed E-state index contributed by atoms with van der Waals surface area (Å²) in [5, 5.41) is 15.8. The summed E-state index contributed by atoms with van der Waals surface area (Å²) < 4.78 is 62.2. The quantitative estimate of drug-likeness (QED) is 0.595. The van der Waals surface area contributed by atoms with Gasteiger partial charge >= 0.3 is 21.3 Å². The van der Waals surface area contributed by atoms with Crippen molar-refractivity contribution in [1.29, 1.82) is 0 Å². The Morgan fingerprint density at radius 1 is 1.38 bits per heavy atom. The second-order valence-corrected chi connectivity index (χ2v) is 8.57. The van der Waals surface area contributed by atoms with Gasteiger partial charge in [0.2, 0.25) is 5.82 Å². The van der Waals surface area contributed by atoms with Crippen molar-refractivity contribution in [3.63, 3.8) is 0 Å². The zero-order valence-corrected chi connectivity index (χ0v) is 14.8. The van der Waals surface area contributed by atoms with Gasteiger partial charge in [0.05, 0.1) is 0 Å². The molecule has 1 aliphatic rings. The van der Waals surface area contributed by atoms with Gasteiger partial charge in [-0.25, -0.2) is 8.42 Å². The molecule has 2 aromatic rings. The third-order valence-corrected chi connectivity index (χ3v) is 6.56. The molecule has 1 N–H and O–H groups in total. The second kappa shape index (κ2) is 6.66. The maximum Gasteiger partial charge on any atom is 0.511 e. The molecule has 1 saturated heterocycles. The SMILES string of the molecule is O=[N+]([O-])c1c(NCC2CCN(S(=O)(=O)C(F)(F)F)CC2)nc2sccn12. The van der Waals surface area contributed by atoms with E-state index in [1.54, 1.807) is 5.38 Å². The molecule has 144 valence electrons. The predicted octanol–water partition coefficient (Wildman–Crippen LogP) is 2.28. The van der Waals surface area contributed by atoms with E-state index in [1.165, 1.54) is 21.9 Å². The molecule has 0 atom stereocenters. The lowest BCUT2D eigenvalue weighted by Crippen LogP contribution is -2.45. The third kappa shape index (κ3) is 3.35. The van der Waals surface area contributed by atoms with E-state index in [0.717, 1.165) is 0 Å². The first-order chi connectivity index (χ1) is 12.1. The Labute approximate surface area is 149 Å². The average molecular weight is 413 g/mol. The van der Waals surface area contributed by atoms with Crippen LogP contribution in [0.4, 0.5) is 24.8 Å². The number of nitro groups is 1. The predicted molar refractivity (Wildman–Crippen MR) is 87.5 cm³/mol. The fraction of sp³-hybridized carbons (Fsp3) is 0.583. The lowest BCUT2D eigenvalue weighted by molar-refractivity contribution is -0.389. The van der Waals surface area contributed by atoms with Crippen LogP contribution >= 0.6 is 11.3 Å². The molecule has 3 rings (SSSR count). The number of nitrogens with zero attached hydrogens (tertiary/aromatic N) is 4. The Balaban J connectivity index is 1.62. The molecule has 2 aromatic heterocycles. The molecule has 0 aromatic carbocycles. The first-order valence-corrected chi connectivity index (χ1v) is 9.83. The Kier molecular flexibility index (Phi) is 4.83. The van der Waals surface area contributed by atoms with Crippen LogP contribution in [0.2, 0.25) is 0 Å². The molecule has 26 heavy (non-hydrogen) atoms. The lowest BCUT2D eigenvalue weighted by atomic mass is 9.98. The Hall–Kier alpha value is -1.93. The molecule has 1 aliphatic heterocycles. The number of aromatic nitrogens is 2. The number of fused-ring (bicyclic) bond motifs is 1. The summed E-state index contributed by atoms with van der Waals surface area (Å²) in [6.07, 6.45) is 1.97. The van der Waals surface area contributed by atoms with Gasteiger partial charge in [-0.2, -0.15) is 26.9 Å². The van der Waals surface area contributed by atoms with E-state index in [9.17, 15) is 31.7 Å². The molecule has 0 radical (unpaired) electrons. The third-order valence-electron chi connectivity index (χ3n) is 4.17. The summed E-state index contributed by atoms with van der Waals surface area (Å²) in [5.41, 5.74) is -5.30. The lowest BCUT2D eigenvalue weighted by Gasteiger charge is -2.31. The first kappa shape index (κ1) is 18.8. The van der Waals surface area contributed by atoms with Gasteiger partial charge in [-0.05, 0) is 23.7 Å². The summed E-state index contributed by atoms with van der Waals surface area (Å²) in [7, 11) is -5.31. The van der Waals surface area contributed by atoms with Gasteiger partial charge in [0.1, 0.15) is 6.20 Å². The van der Waals surface area contributed by atoms with Gasteiger partial charge in [0.25, 0.3) is 4.96 Å². The molecule has 0 saturated carbocycles. The zero-order chi connectivity index (χ0) is 19.1. The topological polar surface area (TPSA) is 110 Å². The van der Waals surface area contributed by atoms with Crippen LogP contribution in [0.5, 0.6) is 0 Å². The van der Waals surface area contributed by atoms with E-state index in [1.807, 2.05) is 0 Å². The highest BCUT2D eigenvalue weighted by Gasteiger charge is 2.50. The summed E-state index contributed by atoms with van der Waals surface area (Å²) in [4.78, 5) is 15.2. The molecule has 1 fully saturated rings. The van der Waals surface area contributed by atoms with Gasteiger partial charge in [-0.3, -0.25) is 0 Å². The minimum absolute atomic E-state index is 0.0900. The number of rotatable bonds is 5. The van der Waals surface area contributed by atoms with Gasteiger partial charge < -0.3 is 15.4 Å². The van der Waals surface area contributed by atoms with E-state index in [0.29, 0.717) is 9.27 Å². The van der Waals surface area contributed by atoms with Crippen LogP contribution in [0, 0.1) is 16.0 Å². The van der Waals surface area contributed by atoms with Crippen molar-refractivity contribution < 1.29 is 26.5 Å². The molecular weight excluding hydrogens is 399 g/mol. The van der Waals surface area contributed by atoms with E-state index in [4.69, 9.17) is 0 Å². The molecule has 0 amide bonds. The number of hydrogen-bond acceptors (Lipinski definition) is 7. The smallest absolute Gasteiger partial charge is 0.363 e. The molecule has 3 heterocycles. The Bertz CT molecular complexity index is 915. The van der Waals surface area contributed by atoms with Crippen LogP contribution in [-0.2, 0) is 10.0 Å². The Morgan fingerprint density at radius 3 is 2.62 bits per heavy atom. The molecular formula is C12H14F3N5O4S2. The number of halogens is 3. The maximum atomic E-state index is 12.6. The fourth-order valence-electron chi connectivity index (χ4n) is 2.81. The van der Waals surface area contributed by atoms with E-state index < -0.39 is 20.5 Å². The number of imidazole rings is 1. The van der Waals surface area contributed by atoms with Crippen LogP contribution in [0.15, 0.2) is 11.6 Å². The zero-order valence-electron chi connectivity index (χ0n) is 13.1. The van der Waals surface area contributed by atoms with Crippen LogP contribution in [0.3, 0.4) is 0 Å². The van der Waals surface area contributed by atoms with Crippen molar-refractivity contribution >= 4 is 38.0 Å². The van der Waals surface area contributed by atoms with Crippen LogP contribution < -0.4 is 5.32 Å². The van der Waals surface area contributed by atoms with E-state index in [-0.39, 0.29) is 50.0 Å².